The Morgan fingerprint density at radius 2 is 1.27 bits per heavy atom. The van der Waals surface area contributed by atoms with Crippen molar-refractivity contribution in [2.24, 2.45) is 0 Å². The van der Waals surface area contributed by atoms with E-state index in [-0.39, 0.29) is 0 Å². The maximum absolute atomic E-state index is 5.64. The van der Waals surface area contributed by atoms with Crippen molar-refractivity contribution in [1.29, 1.82) is 0 Å². The van der Waals surface area contributed by atoms with Crippen LogP contribution in [0.15, 0.2) is 48.5 Å². The Hall–Kier alpha value is -1.96. The predicted octanol–water partition coefficient (Wildman–Crippen LogP) is 2.98. The Morgan fingerprint density at radius 1 is 0.800 bits per heavy atom. The molecule has 2 nitrogen and oxygen atoms in total. The summed E-state index contributed by atoms with van der Waals surface area (Å²) in [4.78, 5) is 0. The van der Waals surface area contributed by atoms with Gasteiger partial charge in [0.1, 0.15) is 0 Å². The first-order chi connectivity index (χ1) is 7.29. The van der Waals surface area contributed by atoms with Gasteiger partial charge in [0.15, 0.2) is 0 Å². The van der Waals surface area contributed by atoms with Crippen LogP contribution < -0.4 is 11.1 Å². The number of nitrogens with one attached hydrogen (secondary N) is 1. The van der Waals surface area contributed by atoms with Crippen molar-refractivity contribution in [3.8, 4) is 11.1 Å². The monoisotopic (exact) mass is 198 g/mol. The largest absolute Gasteiger partial charge is 0.399 e. The van der Waals surface area contributed by atoms with Crippen LogP contribution in [0.5, 0.6) is 0 Å². The maximum atomic E-state index is 5.64. The third-order valence-electron chi connectivity index (χ3n) is 2.42. The van der Waals surface area contributed by atoms with Gasteiger partial charge in [0.25, 0.3) is 0 Å². The van der Waals surface area contributed by atoms with Crippen LogP contribution in [0, 0.1) is 0 Å². The lowest BCUT2D eigenvalue weighted by Crippen LogP contribution is -1.87. The van der Waals surface area contributed by atoms with Gasteiger partial charge in [-0.05, 0) is 35.4 Å². The number of rotatable bonds is 2. The molecule has 0 aliphatic heterocycles. The van der Waals surface area contributed by atoms with Gasteiger partial charge in [-0.15, -0.1) is 0 Å². The second kappa shape index (κ2) is 4.05. The molecule has 0 amide bonds. The zero-order valence-electron chi connectivity index (χ0n) is 8.70. The molecule has 0 fully saturated rings. The molecule has 0 bridgehead atoms. The number of benzene rings is 2. The minimum atomic E-state index is 0.797. The predicted molar refractivity (Wildman–Crippen MR) is 65.8 cm³/mol. The minimum absolute atomic E-state index is 0.797. The third-order valence-corrected chi connectivity index (χ3v) is 2.42. The van der Waals surface area contributed by atoms with E-state index in [0.717, 1.165) is 11.4 Å². The van der Waals surface area contributed by atoms with Crippen LogP contribution in [-0.4, -0.2) is 7.05 Å². The normalized spacial score (nSPS) is 9.93. The highest BCUT2D eigenvalue weighted by molar-refractivity contribution is 5.67. The van der Waals surface area contributed by atoms with Crippen LogP contribution in [0.1, 0.15) is 0 Å². The lowest BCUT2D eigenvalue weighted by Gasteiger charge is -2.04. The van der Waals surface area contributed by atoms with Gasteiger partial charge >= 0.3 is 0 Å². The van der Waals surface area contributed by atoms with E-state index in [2.05, 4.69) is 29.6 Å². The Labute approximate surface area is 89.7 Å². The zero-order valence-corrected chi connectivity index (χ0v) is 8.70. The summed E-state index contributed by atoms with van der Waals surface area (Å²) >= 11 is 0. The molecular formula is C13H14N2. The summed E-state index contributed by atoms with van der Waals surface area (Å²) in [7, 11) is 1.91. The minimum Gasteiger partial charge on any atom is -0.399 e. The van der Waals surface area contributed by atoms with Crippen molar-refractivity contribution < 1.29 is 0 Å². The van der Waals surface area contributed by atoms with Gasteiger partial charge in [-0.1, -0.05) is 24.3 Å². The van der Waals surface area contributed by atoms with E-state index in [0.29, 0.717) is 0 Å². The first kappa shape index (κ1) is 9.59. The van der Waals surface area contributed by atoms with E-state index in [9.17, 15) is 0 Å². The van der Waals surface area contributed by atoms with E-state index in [1.807, 2.05) is 31.3 Å². The molecule has 0 saturated carbocycles. The van der Waals surface area contributed by atoms with Gasteiger partial charge in [0.2, 0.25) is 0 Å². The number of hydrogen-bond acceptors (Lipinski definition) is 2. The van der Waals surface area contributed by atoms with Crippen LogP contribution in [0.2, 0.25) is 0 Å². The molecule has 3 N–H and O–H groups in total. The molecule has 2 heteroatoms. The molecule has 0 aromatic heterocycles. The molecule has 0 spiro atoms. The summed E-state index contributed by atoms with van der Waals surface area (Å²) in [6.07, 6.45) is 0. The van der Waals surface area contributed by atoms with Crippen LogP contribution in [-0.2, 0) is 0 Å². The molecule has 0 saturated heterocycles. The van der Waals surface area contributed by atoms with Crippen molar-refractivity contribution in [2.45, 2.75) is 0 Å². The molecule has 76 valence electrons. The molecule has 2 rings (SSSR count). The van der Waals surface area contributed by atoms with Gasteiger partial charge < -0.3 is 11.1 Å². The molecule has 0 aliphatic carbocycles. The lowest BCUT2D eigenvalue weighted by molar-refractivity contribution is 1.51. The standard InChI is InChI=1S/C13H14N2/c1-15-13-8-4-11(5-9-13)10-2-6-12(14)7-3-10/h2-9,15H,14H2,1H3. The Morgan fingerprint density at radius 3 is 1.73 bits per heavy atom. The number of nitrogens with two attached hydrogens (primary N) is 1. The van der Waals surface area contributed by atoms with Gasteiger partial charge in [0, 0.05) is 18.4 Å². The summed E-state index contributed by atoms with van der Waals surface area (Å²) in [5.41, 5.74) is 9.95. The molecule has 15 heavy (non-hydrogen) atoms. The number of anilines is 2. The summed E-state index contributed by atoms with van der Waals surface area (Å²) in [5, 5.41) is 3.09. The summed E-state index contributed by atoms with van der Waals surface area (Å²) in [6.45, 7) is 0. The SMILES string of the molecule is CNc1ccc(-c2ccc(N)cc2)cc1. The van der Waals surface area contributed by atoms with Crippen LogP contribution in [0.25, 0.3) is 11.1 Å². The van der Waals surface area contributed by atoms with Crippen molar-refractivity contribution in [3.05, 3.63) is 48.5 Å². The Kier molecular flexibility index (Phi) is 2.59. The Bertz CT molecular complexity index is 429. The van der Waals surface area contributed by atoms with Crippen molar-refractivity contribution in [2.75, 3.05) is 18.1 Å². The molecule has 0 radical (unpaired) electrons. The fraction of sp³-hybridized carbons (Fsp3) is 0.0769. The maximum Gasteiger partial charge on any atom is 0.0337 e. The van der Waals surface area contributed by atoms with Gasteiger partial charge in [-0.2, -0.15) is 0 Å². The number of nitrogen functional groups attached to an aromatic ring is 1. The van der Waals surface area contributed by atoms with Crippen molar-refractivity contribution >= 4 is 11.4 Å². The van der Waals surface area contributed by atoms with E-state index >= 15 is 0 Å². The first-order valence-corrected chi connectivity index (χ1v) is 4.93. The topological polar surface area (TPSA) is 38.0 Å². The Balaban J connectivity index is 2.33. The second-order valence-corrected chi connectivity index (χ2v) is 3.45. The van der Waals surface area contributed by atoms with Gasteiger partial charge in [-0.3, -0.25) is 0 Å². The molecule has 2 aromatic rings. The van der Waals surface area contributed by atoms with Crippen molar-refractivity contribution in [3.63, 3.8) is 0 Å². The van der Waals surface area contributed by atoms with Crippen LogP contribution in [0.3, 0.4) is 0 Å². The smallest absolute Gasteiger partial charge is 0.0337 e. The average Bonchev–Trinajstić information content (AvgIpc) is 2.30. The quantitative estimate of drug-likeness (QED) is 0.728. The highest BCUT2D eigenvalue weighted by Crippen LogP contribution is 2.22. The van der Waals surface area contributed by atoms with Gasteiger partial charge in [0.05, 0.1) is 0 Å². The fourth-order valence-electron chi connectivity index (χ4n) is 1.50. The molecule has 0 unspecified atom stereocenters. The summed E-state index contributed by atoms with van der Waals surface area (Å²) < 4.78 is 0. The van der Waals surface area contributed by atoms with E-state index in [1.54, 1.807) is 0 Å². The molecule has 0 aliphatic rings. The van der Waals surface area contributed by atoms with Crippen molar-refractivity contribution in [1.82, 2.24) is 0 Å². The third kappa shape index (κ3) is 2.10. The molecule has 0 heterocycles. The van der Waals surface area contributed by atoms with Gasteiger partial charge in [-0.25, -0.2) is 0 Å². The average molecular weight is 198 g/mol. The highest BCUT2D eigenvalue weighted by Gasteiger charge is 1.96. The van der Waals surface area contributed by atoms with Crippen LogP contribution >= 0.6 is 0 Å². The molecular weight excluding hydrogens is 184 g/mol. The first-order valence-electron chi connectivity index (χ1n) is 4.93. The number of hydrogen-bond donors (Lipinski definition) is 2. The molecule has 0 atom stereocenters. The highest BCUT2D eigenvalue weighted by atomic mass is 14.8. The fourth-order valence-corrected chi connectivity index (χ4v) is 1.50. The van der Waals surface area contributed by atoms with E-state index < -0.39 is 0 Å². The molecule has 2 aromatic carbocycles. The second-order valence-electron chi connectivity index (χ2n) is 3.45. The summed E-state index contributed by atoms with van der Waals surface area (Å²) in [6, 6.07) is 16.2. The summed E-state index contributed by atoms with van der Waals surface area (Å²) in [5.74, 6) is 0. The lowest BCUT2D eigenvalue weighted by atomic mass is 10.1. The zero-order chi connectivity index (χ0) is 10.7. The van der Waals surface area contributed by atoms with E-state index in [4.69, 9.17) is 5.73 Å². The van der Waals surface area contributed by atoms with E-state index in [1.165, 1.54) is 11.1 Å². The van der Waals surface area contributed by atoms with Crippen LogP contribution in [0.4, 0.5) is 11.4 Å².